The maximum Gasteiger partial charge on any atom is 0.351 e. The number of aliphatic hydroxyl groups excluding tert-OH is 4. The predicted octanol–water partition coefficient (Wildman–Crippen LogP) is -3.74. The highest BCUT2D eigenvalue weighted by molar-refractivity contribution is 5.94. The summed E-state index contributed by atoms with van der Waals surface area (Å²) in [5.41, 5.74) is -5.52. The number of hydrogen-bond donors (Lipinski definition) is 6. The monoisotopic (exact) mass is 282 g/mol. The molecule has 9 heteroatoms. The summed E-state index contributed by atoms with van der Waals surface area (Å²) in [6, 6.07) is 0. The molecule has 0 aromatic carbocycles. The van der Waals surface area contributed by atoms with Gasteiger partial charge in [-0.2, -0.15) is 0 Å². The van der Waals surface area contributed by atoms with Gasteiger partial charge < -0.3 is 35.4 Å². The van der Waals surface area contributed by atoms with Crippen LogP contribution in [0, 0.1) is 0 Å². The first-order valence-electron chi connectivity index (χ1n) is 5.35. The highest BCUT2D eigenvalue weighted by Crippen LogP contribution is 2.17. The predicted molar refractivity (Wildman–Crippen MR) is 58.5 cm³/mol. The second-order valence-corrected chi connectivity index (χ2v) is 4.19. The number of carbonyl (C=O) groups is 2. The summed E-state index contributed by atoms with van der Waals surface area (Å²) in [4.78, 5) is 22.9. The van der Waals surface area contributed by atoms with Crippen LogP contribution in [0.2, 0.25) is 0 Å². The minimum atomic E-state index is -2.76. The normalized spacial score (nSPS) is 20.8. The van der Waals surface area contributed by atoms with E-state index >= 15 is 0 Å². The van der Waals surface area contributed by atoms with Gasteiger partial charge in [0.2, 0.25) is 11.2 Å². The van der Waals surface area contributed by atoms with Crippen LogP contribution in [0.3, 0.4) is 0 Å². The van der Waals surface area contributed by atoms with E-state index < -0.39 is 48.6 Å². The Morgan fingerprint density at radius 2 is 1.21 bits per heavy atom. The molecule has 0 fully saturated rings. The van der Waals surface area contributed by atoms with Crippen molar-refractivity contribution in [1.29, 1.82) is 0 Å². The van der Waals surface area contributed by atoms with E-state index in [2.05, 4.69) is 4.74 Å². The molecule has 4 unspecified atom stereocenters. The average molecular weight is 282 g/mol. The van der Waals surface area contributed by atoms with Crippen LogP contribution in [-0.2, 0) is 14.3 Å². The van der Waals surface area contributed by atoms with Gasteiger partial charge in [0.1, 0.15) is 0 Å². The lowest BCUT2D eigenvalue weighted by molar-refractivity contribution is -0.202. The van der Waals surface area contributed by atoms with Gasteiger partial charge >= 0.3 is 11.9 Å². The zero-order chi connectivity index (χ0) is 15.4. The van der Waals surface area contributed by atoms with Crippen molar-refractivity contribution in [2.75, 3.05) is 13.2 Å². The van der Waals surface area contributed by atoms with Gasteiger partial charge in [0.25, 0.3) is 0 Å². The van der Waals surface area contributed by atoms with Crippen LogP contribution in [0.1, 0.15) is 13.8 Å². The van der Waals surface area contributed by atoms with Gasteiger partial charge in [0.05, 0.1) is 25.4 Å². The molecule has 0 saturated carbocycles. The Labute approximate surface area is 108 Å². The molecule has 0 bridgehead atoms. The van der Waals surface area contributed by atoms with E-state index in [0.717, 1.165) is 13.8 Å². The van der Waals surface area contributed by atoms with Gasteiger partial charge in [-0.05, 0) is 13.8 Å². The molecule has 0 heterocycles. The fraction of sp³-hybridized carbons (Fsp3) is 0.800. The molecule has 0 spiro atoms. The minimum absolute atomic E-state index is 0.967. The average Bonchev–Trinajstić information content (AvgIpc) is 2.35. The second-order valence-electron chi connectivity index (χ2n) is 4.19. The molecule has 0 aliphatic heterocycles. The maximum absolute atomic E-state index is 11.4. The van der Waals surface area contributed by atoms with Crippen molar-refractivity contribution in [2.45, 2.75) is 37.3 Å². The van der Waals surface area contributed by atoms with Crippen molar-refractivity contribution in [2.24, 2.45) is 0 Å². The summed E-state index contributed by atoms with van der Waals surface area (Å²) < 4.78 is 4.07. The zero-order valence-electron chi connectivity index (χ0n) is 10.5. The van der Waals surface area contributed by atoms with Gasteiger partial charge in [0.15, 0.2) is 0 Å². The number of ether oxygens (including phenoxy) is 1. The highest BCUT2D eigenvalue weighted by Gasteiger charge is 2.48. The van der Waals surface area contributed by atoms with E-state index in [1.807, 2.05) is 0 Å². The summed E-state index contributed by atoms with van der Waals surface area (Å²) in [5.74, 6) is -3.44. The topological polar surface area (TPSA) is 165 Å². The van der Waals surface area contributed by atoms with E-state index in [-0.39, 0.29) is 0 Å². The standard InChI is InChI=1S/C10H18O9/c1-5(13)9(17,3-11)7(15)19-8(16)10(18,4-12)6(2)14/h5-6,11-14,17-18H,3-4H2,1-2H3. The Balaban J connectivity index is 5.06. The van der Waals surface area contributed by atoms with E-state index in [4.69, 9.17) is 20.4 Å². The Hall–Kier alpha value is -1.10. The molecule has 0 aromatic rings. The fourth-order valence-corrected chi connectivity index (χ4v) is 0.995. The van der Waals surface area contributed by atoms with E-state index in [9.17, 15) is 19.8 Å². The lowest BCUT2D eigenvalue weighted by Crippen LogP contribution is -2.57. The van der Waals surface area contributed by atoms with Gasteiger partial charge in [-0.15, -0.1) is 0 Å². The fourth-order valence-electron chi connectivity index (χ4n) is 0.995. The number of esters is 2. The van der Waals surface area contributed by atoms with Crippen LogP contribution in [-0.4, -0.2) is 79.2 Å². The van der Waals surface area contributed by atoms with Crippen molar-refractivity contribution in [3.63, 3.8) is 0 Å². The molecule has 112 valence electrons. The number of rotatable bonds is 6. The molecule has 9 nitrogen and oxygen atoms in total. The molecular formula is C10H18O9. The molecule has 0 amide bonds. The molecule has 0 rings (SSSR count). The Morgan fingerprint density at radius 3 is 1.37 bits per heavy atom. The van der Waals surface area contributed by atoms with Gasteiger partial charge in [-0.1, -0.05) is 0 Å². The van der Waals surface area contributed by atoms with Gasteiger partial charge in [-0.3, -0.25) is 0 Å². The van der Waals surface area contributed by atoms with Crippen molar-refractivity contribution >= 4 is 11.9 Å². The van der Waals surface area contributed by atoms with Crippen molar-refractivity contribution < 1.29 is 45.0 Å². The smallest absolute Gasteiger partial charge is 0.351 e. The second kappa shape index (κ2) is 6.37. The third kappa shape index (κ3) is 3.47. The van der Waals surface area contributed by atoms with Crippen LogP contribution in [0.5, 0.6) is 0 Å². The van der Waals surface area contributed by atoms with Crippen LogP contribution < -0.4 is 0 Å². The van der Waals surface area contributed by atoms with Crippen molar-refractivity contribution in [1.82, 2.24) is 0 Å². The molecule has 0 aliphatic carbocycles. The SMILES string of the molecule is CC(O)C(O)(CO)C(=O)OC(=O)C(O)(CO)C(C)O. The molecule has 0 saturated heterocycles. The van der Waals surface area contributed by atoms with Gasteiger partial charge in [0, 0.05) is 0 Å². The largest absolute Gasteiger partial charge is 0.393 e. The summed E-state index contributed by atoms with van der Waals surface area (Å²) in [7, 11) is 0. The minimum Gasteiger partial charge on any atom is -0.393 e. The summed E-state index contributed by atoms with van der Waals surface area (Å²) in [6.45, 7) is -0.532. The van der Waals surface area contributed by atoms with E-state index in [0.29, 0.717) is 0 Å². The number of hydrogen-bond acceptors (Lipinski definition) is 9. The maximum atomic E-state index is 11.4. The Bertz CT molecular complexity index is 308. The number of aliphatic hydroxyl groups is 6. The Morgan fingerprint density at radius 1 is 0.947 bits per heavy atom. The van der Waals surface area contributed by atoms with Crippen LogP contribution in [0.4, 0.5) is 0 Å². The van der Waals surface area contributed by atoms with Gasteiger partial charge in [-0.25, -0.2) is 9.59 Å². The first-order valence-corrected chi connectivity index (χ1v) is 5.35. The van der Waals surface area contributed by atoms with Crippen LogP contribution >= 0.6 is 0 Å². The third-order valence-electron chi connectivity index (χ3n) is 2.76. The molecular weight excluding hydrogens is 264 g/mol. The van der Waals surface area contributed by atoms with E-state index in [1.165, 1.54) is 0 Å². The molecule has 0 radical (unpaired) electrons. The third-order valence-corrected chi connectivity index (χ3v) is 2.76. The van der Waals surface area contributed by atoms with Crippen molar-refractivity contribution in [3.05, 3.63) is 0 Å². The van der Waals surface area contributed by atoms with E-state index in [1.54, 1.807) is 0 Å². The first kappa shape index (κ1) is 17.9. The molecule has 19 heavy (non-hydrogen) atoms. The number of carbonyl (C=O) groups excluding carboxylic acids is 2. The summed E-state index contributed by atoms with van der Waals surface area (Å²) in [6.07, 6.45) is -3.52. The molecule has 0 aromatic heterocycles. The van der Waals surface area contributed by atoms with Crippen LogP contribution in [0.25, 0.3) is 0 Å². The highest BCUT2D eigenvalue weighted by atomic mass is 16.6. The molecule has 6 N–H and O–H groups in total. The zero-order valence-corrected chi connectivity index (χ0v) is 10.5. The Kier molecular flexibility index (Phi) is 6.00. The summed E-state index contributed by atoms with van der Waals surface area (Å²) in [5, 5.41) is 55.0. The quantitative estimate of drug-likeness (QED) is 0.212. The molecule has 0 aliphatic rings. The van der Waals surface area contributed by atoms with Crippen molar-refractivity contribution in [3.8, 4) is 0 Å². The first-order chi connectivity index (χ1) is 8.56. The summed E-state index contributed by atoms with van der Waals surface area (Å²) >= 11 is 0. The molecule has 4 atom stereocenters. The lowest BCUT2D eigenvalue weighted by Gasteiger charge is -2.29. The lowest BCUT2D eigenvalue weighted by atomic mass is 9.97. The van der Waals surface area contributed by atoms with Crippen LogP contribution in [0.15, 0.2) is 0 Å².